The van der Waals surface area contributed by atoms with Gasteiger partial charge in [-0.25, -0.2) is 0 Å². The molecular weight excluding hydrogens is 302 g/mol. The van der Waals surface area contributed by atoms with Crippen molar-refractivity contribution in [3.63, 3.8) is 0 Å². The first-order valence-electron chi connectivity index (χ1n) is 5.70. The van der Waals surface area contributed by atoms with Crippen molar-refractivity contribution in [1.29, 1.82) is 0 Å². The summed E-state index contributed by atoms with van der Waals surface area (Å²) in [5.41, 5.74) is 1.18. The summed E-state index contributed by atoms with van der Waals surface area (Å²) in [6, 6.07) is 6.37. The molecule has 1 rings (SSSR count). The summed E-state index contributed by atoms with van der Waals surface area (Å²) in [5.74, 6) is 0.542. The maximum atomic E-state index is 6.05. The normalized spacial score (nSPS) is 13.1. The van der Waals surface area contributed by atoms with Crippen LogP contribution in [0.1, 0.15) is 19.4 Å². The van der Waals surface area contributed by atoms with Crippen LogP contribution in [0, 0.1) is 5.92 Å². The van der Waals surface area contributed by atoms with Gasteiger partial charge >= 0.3 is 0 Å². The van der Waals surface area contributed by atoms with E-state index in [0.29, 0.717) is 12.0 Å². The summed E-state index contributed by atoms with van der Waals surface area (Å²) in [5, 5.41) is 4.23. The third-order valence-corrected chi connectivity index (χ3v) is 3.94. The molecule has 1 atom stereocenters. The highest BCUT2D eigenvalue weighted by atomic mass is 79.9. The van der Waals surface area contributed by atoms with Gasteiger partial charge in [-0.3, -0.25) is 0 Å². The second-order valence-corrected chi connectivity index (χ2v) is 5.70. The standard InChI is InChI=1S/C13H19BrClNO/c1-9(2)13(8-17-3)16-7-10-4-5-11(14)12(15)6-10/h4-6,9,13,16H,7-8H2,1-3H3. The highest BCUT2D eigenvalue weighted by Gasteiger charge is 2.12. The van der Waals surface area contributed by atoms with Gasteiger partial charge in [0.25, 0.3) is 0 Å². The van der Waals surface area contributed by atoms with Crippen LogP contribution in [0.3, 0.4) is 0 Å². The summed E-state index contributed by atoms with van der Waals surface area (Å²) in [4.78, 5) is 0. The van der Waals surface area contributed by atoms with Crippen LogP contribution in [-0.2, 0) is 11.3 Å². The van der Waals surface area contributed by atoms with Gasteiger partial charge in [0.05, 0.1) is 11.6 Å². The lowest BCUT2D eigenvalue weighted by atomic mass is 10.1. The van der Waals surface area contributed by atoms with Crippen LogP contribution in [0.15, 0.2) is 22.7 Å². The molecule has 0 bridgehead atoms. The number of hydrogen-bond donors (Lipinski definition) is 1. The van der Waals surface area contributed by atoms with E-state index in [1.807, 2.05) is 12.1 Å². The number of hydrogen-bond acceptors (Lipinski definition) is 2. The first kappa shape index (κ1) is 15.0. The van der Waals surface area contributed by atoms with E-state index < -0.39 is 0 Å². The zero-order valence-corrected chi connectivity index (χ0v) is 12.8. The van der Waals surface area contributed by atoms with Crippen LogP contribution in [-0.4, -0.2) is 19.8 Å². The minimum Gasteiger partial charge on any atom is -0.383 e. The Hall–Kier alpha value is -0.0900. The van der Waals surface area contributed by atoms with Gasteiger partial charge in [-0.05, 0) is 39.5 Å². The Balaban J connectivity index is 2.56. The van der Waals surface area contributed by atoms with Crippen molar-refractivity contribution in [3.8, 4) is 0 Å². The number of halogens is 2. The maximum absolute atomic E-state index is 6.05. The summed E-state index contributed by atoms with van der Waals surface area (Å²) < 4.78 is 6.13. The molecule has 0 amide bonds. The van der Waals surface area contributed by atoms with E-state index in [4.69, 9.17) is 16.3 Å². The van der Waals surface area contributed by atoms with E-state index >= 15 is 0 Å². The van der Waals surface area contributed by atoms with E-state index in [1.165, 1.54) is 5.56 Å². The molecule has 0 aliphatic heterocycles. The number of ether oxygens (including phenoxy) is 1. The molecule has 0 radical (unpaired) electrons. The largest absolute Gasteiger partial charge is 0.383 e. The third kappa shape index (κ3) is 4.96. The van der Waals surface area contributed by atoms with Gasteiger partial charge in [0, 0.05) is 24.2 Å². The van der Waals surface area contributed by atoms with Gasteiger partial charge in [0.15, 0.2) is 0 Å². The molecule has 96 valence electrons. The molecule has 0 saturated carbocycles. The zero-order chi connectivity index (χ0) is 12.8. The quantitative estimate of drug-likeness (QED) is 0.859. The predicted molar refractivity (Wildman–Crippen MR) is 76.5 cm³/mol. The maximum Gasteiger partial charge on any atom is 0.0618 e. The van der Waals surface area contributed by atoms with Crippen molar-refractivity contribution in [3.05, 3.63) is 33.3 Å². The van der Waals surface area contributed by atoms with Crippen molar-refractivity contribution in [2.75, 3.05) is 13.7 Å². The number of nitrogens with one attached hydrogen (secondary N) is 1. The second kappa shape index (κ2) is 7.37. The van der Waals surface area contributed by atoms with Crippen LogP contribution in [0.4, 0.5) is 0 Å². The number of rotatable bonds is 6. The van der Waals surface area contributed by atoms with Crippen LogP contribution < -0.4 is 5.32 Å². The van der Waals surface area contributed by atoms with Crippen molar-refractivity contribution in [2.24, 2.45) is 5.92 Å². The zero-order valence-electron chi connectivity index (χ0n) is 10.5. The van der Waals surface area contributed by atoms with Gasteiger partial charge < -0.3 is 10.1 Å². The molecule has 1 N–H and O–H groups in total. The lowest BCUT2D eigenvalue weighted by molar-refractivity contribution is 0.146. The van der Waals surface area contributed by atoms with E-state index in [-0.39, 0.29) is 0 Å². The molecule has 0 saturated heterocycles. The van der Waals surface area contributed by atoms with Crippen molar-refractivity contribution in [1.82, 2.24) is 5.32 Å². The summed E-state index contributed by atoms with van der Waals surface area (Å²) in [6.45, 7) is 5.90. The molecule has 1 aromatic rings. The molecular formula is C13H19BrClNO. The Morgan fingerprint density at radius 2 is 2.12 bits per heavy atom. The molecule has 0 heterocycles. The monoisotopic (exact) mass is 319 g/mol. The molecule has 0 fully saturated rings. The number of benzene rings is 1. The molecule has 0 aromatic heterocycles. The Morgan fingerprint density at radius 3 is 2.65 bits per heavy atom. The van der Waals surface area contributed by atoms with Gasteiger partial charge in [-0.2, -0.15) is 0 Å². The summed E-state index contributed by atoms with van der Waals surface area (Å²) in [6.07, 6.45) is 0. The fourth-order valence-electron chi connectivity index (χ4n) is 1.57. The molecule has 2 nitrogen and oxygen atoms in total. The third-order valence-electron chi connectivity index (χ3n) is 2.70. The van der Waals surface area contributed by atoms with E-state index in [1.54, 1.807) is 7.11 Å². The van der Waals surface area contributed by atoms with Gasteiger partial charge in [-0.15, -0.1) is 0 Å². The van der Waals surface area contributed by atoms with Crippen LogP contribution in [0.5, 0.6) is 0 Å². The molecule has 0 spiro atoms. The van der Waals surface area contributed by atoms with E-state index in [9.17, 15) is 0 Å². The first-order valence-corrected chi connectivity index (χ1v) is 6.88. The lowest BCUT2D eigenvalue weighted by Gasteiger charge is -2.21. The van der Waals surface area contributed by atoms with E-state index in [0.717, 1.165) is 22.6 Å². The minimum absolute atomic E-state index is 0.363. The SMILES string of the molecule is COCC(NCc1ccc(Br)c(Cl)c1)C(C)C. The highest BCUT2D eigenvalue weighted by Crippen LogP contribution is 2.23. The minimum atomic E-state index is 0.363. The van der Waals surface area contributed by atoms with Gasteiger partial charge in [0.1, 0.15) is 0 Å². The molecule has 4 heteroatoms. The van der Waals surface area contributed by atoms with Gasteiger partial charge in [-0.1, -0.05) is 31.5 Å². The average molecular weight is 321 g/mol. The van der Waals surface area contributed by atoms with Crippen molar-refractivity contribution < 1.29 is 4.74 Å². The lowest BCUT2D eigenvalue weighted by Crippen LogP contribution is -2.37. The average Bonchev–Trinajstić information content (AvgIpc) is 2.28. The smallest absolute Gasteiger partial charge is 0.0618 e. The predicted octanol–water partition coefficient (Wildman–Crippen LogP) is 3.86. The Kier molecular flexibility index (Phi) is 6.49. The topological polar surface area (TPSA) is 21.3 Å². The Morgan fingerprint density at radius 1 is 1.41 bits per heavy atom. The second-order valence-electron chi connectivity index (χ2n) is 4.44. The first-order chi connectivity index (χ1) is 8.04. The molecule has 1 unspecified atom stereocenters. The van der Waals surface area contributed by atoms with Gasteiger partial charge in [0.2, 0.25) is 0 Å². The fourth-order valence-corrected chi connectivity index (χ4v) is 2.01. The highest BCUT2D eigenvalue weighted by molar-refractivity contribution is 9.10. The summed E-state index contributed by atoms with van der Waals surface area (Å²) in [7, 11) is 1.73. The molecule has 1 aromatic carbocycles. The number of methoxy groups -OCH3 is 1. The molecule has 0 aliphatic carbocycles. The molecule has 0 aliphatic rings. The van der Waals surface area contributed by atoms with Crippen LogP contribution in [0.2, 0.25) is 5.02 Å². The van der Waals surface area contributed by atoms with Crippen molar-refractivity contribution in [2.45, 2.75) is 26.4 Å². The van der Waals surface area contributed by atoms with E-state index in [2.05, 4.69) is 41.2 Å². The Bertz CT molecular complexity index is 357. The molecule has 17 heavy (non-hydrogen) atoms. The fraction of sp³-hybridized carbons (Fsp3) is 0.538. The summed E-state index contributed by atoms with van der Waals surface area (Å²) >= 11 is 9.44. The van der Waals surface area contributed by atoms with Crippen LogP contribution in [0.25, 0.3) is 0 Å². The van der Waals surface area contributed by atoms with Crippen LogP contribution >= 0.6 is 27.5 Å². The Labute approximate surface area is 117 Å². The van der Waals surface area contributed by atoms with Crippen molar-refractivity contribution >= 4 is 27.5 Å².